The Balaban J connectivity index is 2.00. The van der Waals surface area contributed by atoms with E-state index >= 15 is 0 Å². The van der Waals surface area contributed by atoms with Crippen LogP contribution < -0.4 is 10.6 Å². The van der Waals surface area contributed by atoms with Crippen molar-refractivity contribution >= 4 is 5.97 Å². The highest BCUT2D eigenvalue weighted by Crippen LogP contribution is 2.19. The van der Waals surface area contributed by atoms with Crippen LogP contribution in [0.25, 0.3) is 0 Å². The van der Waals surface area contributed by atoms with Crippen LogP contribution in [-0.4, -0.2) is 31.7 Å². The van der Waals surface area contributed by atoms with Gasteiger partial charge in [-0.05, 0) is 32.4 Å². The van der Waals surface area contributed by atoms with E-state index in [0.717, 1.165) is 19.5 Å². The summed E-state index contributed by atoms with van der Waals surface area (Å²) in [4.78, 5) is 12.0. The van der Waals surface area contributed by atoms with Gasteiger partial charge in [-0.1, -0.05) is 30.3 Å². The number of esters is 1. The molecule has 0 amide bonds. The van der Waals surface area contributed by atoms with Crippen LogP contribution in [-0.2, 0) is 9.53 Å². The first-order chi connectivity index (χ1) is 9.72. The number of ether oxygens (including phenoxy) is 1. The third-order valence-corrected chi connectivity index (χ3v) is 3.84. The molecule has 0 aliphatic carbocycles. The molecular weight excluding hydrogens is 252 g/mol. The largest absolute Gasteiger partial charge is 0.466 e. The minimum atomic E-state index is -0.0771. The van der Waals surface area contributed by atoms with Gasteiger partial charge < -0.3 is 15.4 Å². The Morgan fingerprint density at radius 3 is 2.90 bits per heavy atom. The summed E-state index contributed by atoms with van der Waals surface area (Å²) in [6.07, 6.45) is 0.831. The Morgan fingerprint density at radius 1 is 1.45 bits per heavy atom. The molecule has 1 heterocycles. The van der Waals surface area contributed by atoms with E-state index in [0.29, 0.717) is 6.61 Å². The zero-order valence-corrected chi connectivity index (χ0v) is 12.3. The van der Waals surface area contributed by atoms with Crippen LogP contribution in [0.3, 0.4) is 0 Å². The van der Waals surface area contributed by atoms with Crippen LogP contribution in [0, 0.1) is 5.92 Å². The molecule has 1 aromatic carbocycles. The van der Waals surface area contributed by atoms with Crippen molar-refractivity contribution in [2.45, 2.75) is 32.4 Å². The van der Waals surface area contributed by atoms with Gasteiger partial charge in [-0.2, -0.15) is 0 Å². The Bertz CT molecular complexity index is 422. The first-order valence-corrected chi connectivity index (χ1v) is 7.40. The number of nitrogens with one attached hydrogen (secondary N) is 2. The van der Waals surface area contributed by atoms with Crippen molar-refractivity contribution in [2.75, 3.05) is 19.7 Å². The molecule has 0 bridgehead atoms. The topological polar surface area (TPSA) is 50.4 Å². The van der Waals surface area contributed by atoms with Gasteiger partial charge in [-0.3, -0.25) is 4.79 Å². The van der Waals surface area contributed by atoms with Gasteiger partial charge in [0.15, 0.2) is 0 Å². The highest BCUT2D eigenvalue weighted by molar-refractivity contribution is 5.73. The summed E-state index contributed by atoms with van der Waals surface area (Å²) < 4.78 is 5.19. The fourth-order valence-corrected chi connectivity index (χ4v) is 2.72. The maximum Gasteiger partial charge on any atom is 0.310 e. The third-order valence-electron chi connectivity index (χ3n) is 3.84. The molecule has 0 spiro atoms. The molecule has 3 atom stereocenters. The summed E-state index contributed by atoms with van der Waals surface area (Å²) >= 11 is 0. The molecule has 20 heavy (non-hydrogen) atoms. The van der Waals surface area contributed by atoms with E-state index in [2.05, 4.69) is 29.7 Å². The van der Waals surface area contributed by atoms with E-state index in [9.17, 15) is 4.79 Å². The smallest absolute Gasteiger partial charge is 0.310 e. The van der Waals surface area contributed by atoms with Crippen molar-refractivity contribution in [2.24, 2.45) is 5.92 Å². The zero-order chi connectivity index (χ0) is 14.4. The molecule has 0 aromatic heterocycles. The second kappa shape index (κ2) is 7.41. The van der Waals surface area contributed by atoms with Crippen LogP contribution in [0.5, 0.6) is 0 Å². The molecule has 1 saturated heterocycles. The summed E-state index contributed by atoms with van der Waals surface area (Å²) in [6.45, 7) is 6.12. The van der Waals surface area contributed by atoms with Crippen molar-refractivity contribution < 1.29 is 9.53 Å². The summed E-state index contributed by atoms with van der Waals surface area (Å²) in [5.41, 5.74) is 1.24. The first kappa shape index (κ1) is 15.0. The Morgan fingerprint density at radius 2 is 2.20 bits per heavy atom. The highest BCUT2D eigenvalue weighted by Gasteiger charge is 2.32. The van der Waals surface area contributed by atoms with Crippen molar-refractivity contribution in [3.8, 4) is 0 Å². The molecule has 1 aromatic rings. The summed E-state index contributed by atoms with van der Waals surface area (Å²) in [5, 5.41) is 6.91. The summed E-state index contributed by atoms with van der Waals surface area (Å²) in [6, 6.07) is 10.6. The second-order valence-electron chi connectivity index (χ2n) is 5.26. The molecule has 1 aliphatic rings. The molecule has 2 N–H and O–H groups in total. The van der Waals surface area contributed by atoms with Gasteiger partial charge in [0.1, 0.15) is 0 Å². The lowest BCUT2D eigenvalue weighted by Crippen LogP contribution is -2.52. The van der Waals surface area contributed by atoms with E-state index in [4.69, 9.17) is 4.74 Å². The van der Waals surface area contributed by atoms with Crippen LogP contribution in [0.4, 0.5) is 0 Å². The lowest BCUT2D eigenvalue weighted by molar-refractivity contribution is -0.149. The van der Waals surface area contributed by atoms with Crippen molar-refractivity contribution in [3.63, 3.8) is 0 Å². The minimum Gasteiger partial charge on any atom is -0.466 e. The first-order valence-electron chi connectivity index (χ1n) is 7.40. The van der Waals surface area contributed by atoms with Crippen LogP contribution in [0.2, 0.25) is 0 Å². The van der Waals surface area contributed by atoms with E-state index < -0.39 is 0 Å². The zero-order valence-electron chi connectivity index (χ0n) is 12.3. The molecule has 0 unspecified atom stereocenters. The van der Waals surface area contributed by atoms with Crippen molar-refractivity contribution in [1.82, 2.24) is 10.6 Å². The number of benzene rings is 1. The predicted octanol–water partition coefficient (Wildman–Crippen LogP) is 1.88. The Hall–Kier alpha value is -1.39. The molecule has 2 rings (SSSR count). The van der Waals surface area contributed by atoms with Gasteiger partial charge in [-0.15, -0.1) is 0 Å². The van der Waals surface area contributed by atoms with Gasteiger partial charge in [0, 0.05) is 18.6 Å². The van der Waals surface area contributed by atoms with Gasteiger partial charge in [0.05, 0.1) is 12.5 Å². The number of piperidine rings is 1. The van der Waals surface area contributed by atoms with Gasteiger partial charge in [0.25, 0.3) is 0 Å². The van der Waals surface area contributed by atoms with Crippen molar-refractivity contribution in [3.05, 3.63) is 35.9 Å². The normalized spacial score (nSPS) is 24.1. The maximum absolute atomic E-state index is 12.0. The van der Waals surface area contributed by atoms with Gasteiger partial charge in [-0.25, -0.2) is 0 Å². The molecule has 4 heteroatoms. The second-order valence-corrected chi connectivity index (χ2v) is 5.26. The van der Waals surface area contributed by atoms with E-state index in [1.165, 1.54) is 5.56 Å². The molecular formula is C16H24N2O2. The Labute approximate surface area is 120 Å². The maximum atomic E-state index is 12.0. The number of rotatable bonds is 5. The molecule has 110 valence electrons. The summed E-state index contributed by atoms with van der Waals surface area (Å²) in [5.74, 6) is -0.130. The molecule has 1 fully saturated rings. The fourth-order valence-electron chi connectivity index (χ4n) is 2.72. The lowest BCUT2D eigenvalue weighted by atomic mass is 9.91. The van der Waals surface area contributed by atoms with Gasteiger partial charge in [0.2, 0.25) is 0 Å². The quantitative estimate of drug-likeness (QED) is 0.806. The van der Waals surface area contributed by atoms with Gasteiger partial charge >= 0.3 is 5.97 Å². The van der Waals surface area contributed by atoms with Crippen LogP contribution in [0.1, 0.15) is 31.9 Å². The van der Waals surface area contributed by atoms with E-state index in [-0.39, 0.29) is 24.0 Å². The minimum absolute atomic E-state index is 0.0534. The predicted molar refractivity (Wildman–Crippen MR) is 79.4 cm³/mol. The van der Waals surface area contributed by atoms with E-state index in [1.807, 2.05) is 25.1 Å². The number of carbonyl (C=O) groups is 1. The fraction of sp³-hybridized carbons (Fsp3) is 0.562. The average Bonchev–Trinajstić information content (AvgIpc) is 2.49. The molecule has 4 nitrogen and oxygen atoms in total. The van der Waals surface area contributed by atoms with Crippen LogP contribution in [0.15, 0.2) is 30.3 Å². The summed E-state index contributed by atoms with van der Waals surface area (Å²) in [7, 11) is 0. The molecule has 1 aliphatic heterocycles. The monoisotopic (exact) mass is 276 g/mol. The molecule has 0 saturated carbocycles. The molecule has 0 radical (unpaired) electrons. The van der Waals surface area contributed by atoms with Crippen LogP contribution >= 0.6 is 0 Å². The average molecular weight is 276 g/mol. The standard InChI is InChI=1S/C16H24N2O2/c1-3-20-16(19)14-9-10-17-11-15(14)18-12(2)13-7-5-4-6-8-13/h4-8,12,14-15,17-18H,3,9-11H2,1-2H3/t12-,14+,15-/m1/s1. The lowest BCUT2D eigenvalue weighted by Gasteiger charge is -2.33. The SMILES string of the molecule is CCOC(=O)[C@H]1CCNC[C@H]1N[C@H](C)c1ccccc1. The number of carbonyl (C=O) groups excluding carboxylic acids is 1. The van der Waals surface area contributed by atoms with Crippen molar-refractivity contribution in [1.29, 1.82) is 0 Å². The van der Waals surface area contributed by atoms with E-state index in [1.54, 1.807) is 0 Å². The number of hydrogen-bond acceptors (Lipinski definition) is 4. The Kier molecular flexibility index (Phi) is 5.56. The third kappa shape index (κ3) is 3.81. The highest BCUT2D eigenvalue weighted by atomic mass is 16.5. The number of hydrogen-bond donors (Lipinski definition) is 2.